The number of nitrogens with one attached hydrogen (secondary N) is 1. The molecule has 0 aromatic rings. The molecule has 0 saturated heterocycles. The van der Waals surface area contributed by atoms with Gasteiger partial charge in [-0.1, -0.05) is 6.92 Å². The quantitative estimate of drug-likeness (QED) is 0.579. The smallest absolute Gasteiger partial charge is 0.407 e. The third kappa shape index (κ3) is 5.66. The van der Waals surface area contributed by atoms with Gasteiger partial charge >= 0.3 is 6.09 Å². The molecule has 0 aliphatic rings. The Balaban J connectivity index is 3.17. The van der Waals surface area contributed by atoms with E-state index in [1.165, 1.54) is 4.90 Å². The van der Waals surface area contributed by atoms with E-state index in [1.54, 1.807) is 7.05 Å². The lowest BCUT2D eigenvalue weighted by Gasteiger charge is -2.11. The maximum atomic E-state index is 10.3. The standard InChI is InChI=1S/C7H16N2O2/c1-3-8-5-4-6-9(2)7(10)11/h8H,3-6H2,1-2H3,(H,10,11). The fourth-order valence-corrected chi connectivity index (χ4v) is 0.714. The Labute approximate surface area is 67.2 Å². The van der Waals surface area contributed by atoms with Gasteiger partial charge in [0, 0.05) is 13.6 Å². The molecule has 0 aliphatic carbocycles. The minimum Gasteiger partial charge on any atom is -0.465 e. The van der Waals surface area contributed by atoms with Gasteiger partial charge < -0.3 is 15.3 Å². The monoisotopic (exact) mass is 160 g/mol. The maximum absolute atomic E-state index is 10.3. The van der Waals surface area contributed by atoms with Crippen molar-refractivity contribution >= 4 is 6.09 Å². The number of carbonyl (C=O) groups is 1. The summed E-state index contributed by atoms with van der Waals surface area (Å²) < 4.78 is 0. The minimum atomic E-state index is -0.860. The first-order valence-corrected chi connectivity index (χ1v) is 3.83. The molecular formula is C7H16N2O2. The number of rotatable bonds is 5. The van der Waals surface area contributed by atoms with Crippen molar-refractivity contribution < 1.29 is 9.90 Å². The Hall–Kier alpha value is -0.770. The van der Waals surface area contributed by atoms with Gasteiger partial charge in [-0.3, -0.25) is 0 Å². The average Bonchev–Trinajstić information content (AvgIpc) is 1.97. The zero-order chi connectivity index (χ0) is 8.69. The van der Waals surface area contributed by atoms with Gasteiger partial charge in [-0.05, 0) is 19.5 Å². The summed E-state index contributed by atoms with van der Waals surface area (Å²) in [6, 6.07) is 0. The van der Waals surface area contributed by atoms with Crippen LogP contribution in [0.3, 0.4) is 0 Å². The summed E-state index contributed by atoms with van der Waals surface area (Å²) in [5.74, 6) is 0. The number of nitrogens with zero attached hydrogens (tertiary/aromatic N) is 1. The van der Waals surface area contributed by atoms with E-state index in [-0.39, 0.29) is 0 Å². The molecule has 11 heavy (non-hydrogen) atoms. The molecule has 0 fully saturated rings. The van der Waals surface area contributed by atoms with Crippen LogP contribution in [0.2, 0.25) is 0 Å². The van der Waals surface area contributed by atoms with Gasteiger partial charge in [0.15, 0.2) is 0 Å². The summed E-state index contributed by atoms with van der Waals surface area (Å²) in [7, 11) is 1.58. The van der Waals surface area contributed by atoms with Gasteiger partial charge in [-0.25, -0.2) is 4.79 Å². The molecule has 0 atom stereocenters. The summed E-state index contributed by atoms with van der Waals surface area (Å²) in [5.41, 5.74) is 0. The van der Waals surface area contributed by atoms with Crippen molar-refractivity contribution in [2.45, 2.75) is 13.3 Å². The van der Waals surface area contributed by atoms with Crippen LogP contribution in [-0.2, 0) is 0 Å². The second kappa shape index (κ2) is 5.97. The first kappa shape index (κ1) is 10.2. The van der Waals surface area contributed by atoms with Crippen molar-refractivity contribution in [1.82, 2.24) is 10.2 Å². The number of carboxylic acid groups (broad SMARTS) is 1. The summed E-state index contributed by atoms with van der Waals surface area (Å²) in [6.45, 7) is 4.45. The topological polar surface area (TPSA) is 52.6 Å². The Morgan fingerprint density at radius 2 is 2.27 bits per heavy atom. The van der Waals surface area contributed by atoms with Crippen molar-refractivity contribution in [1.29, 1.82) is 0 Å². The fourth-order valence-electron chi connectivity index (χ4n) is 0.714. The van der Waals surface area contributed by atoms with E-state index in [9.17, 15) is 4.79 Å². The Bertz CT molecular complexity index is 117. The Morgan fingerprint density at radius 1 is 1.64 bits per heavy atom. The van der Waals surface area contributed by atoms with E-state index < -0.39 is 6.09 Å². The summed E-state index contributed by atoms with van der Waals surface area (Å²) >= 11 is 0. The highest BCUT2D eigenvalue weighted by Gasteiger charge is 2.02. The molecule has 66 valence electrons. The molecule has 4 heteroatoms. The van der Waals surface area contributed by atoms with E-state index in [2.05, 4.69) is 5.32 Å². The molecule has 0 saturated carbocycles. The minimum absolute atomic E-state index is 0.600. The molecule has 0 aliphatic heterocycles. The van der Waals surface area contributed by atoms with Crippen LogP contribution in [0.1, 0.15) is 13.3 Å². The normalized spacial score (nSPS) is 9.64. The van der Waals surface area contributed by atoms with E-state index in [0.29, 0.717) is 6.54 Å². The van der Waals surface area contributed by atoms with Crippen LogP contribution < -0.4 is 5.32 Å². The lowest BCUT2D eigenvalue weighted by Crippen LogP contribution is -2.28. The van der Waals surface area contributed by atoms with Crippen LogP contribution in [0.5, 0.6) is 0 Å². The second-order valence-electron chi connectivity index (χ2n) is 2.41. The summed E-state index contributed by atoms with van der Waals surface area (Å²) in [4.78, 5) is 11.6. The molecule has 0 rings (SSSR count). The van der Waals surface area contributed by atoms with E-state index >= 15 is 0 Å². The van der Waals surface area contributed by atoms with E-state index in [4.69, 9.17) is 5.11 Å². The van der Waals surface area contributed by atoms with Crippen molar-refractivity contribution in [2.75, 3.05) is 26.7 Å². The molecule has 0 unspecified atom stereocenters. The molecule has 0 spiro atoms. The van der Waals surface area contributed by atoms with E-state index in [1.807, 2.05) is 6.92 Å². The molecule has 0 aromatic heterocycles. The molecule has 0 heterocycles. The molecule has 0 aromatic carbocycles. The molecule has 4 nitrogen and oxygen atoms in total. The van der Waals surface area contributed by atoms with Crippen LogP contribution in [0.15, 0.2) is 0 Å². The first-order valence-electron chi connectivity index (χ1n) is 3.83. The van der Waals surface area contributed by atoms with Crippen molar-refractivity contribution in [2.24, 2.45) is 0 Å². The molecule has 0 radical (unpaired) electrons. The first-order chi connectivity index (χ1) is 5.18. The van der Waals surface area contributed by atoms with Crippen LogP contribution >= 0.6 is 0 Å². The highest BCUT2D eigenvalue weighted by atomic mass is 16.4. The third-order valence-electron chi connectivity index (χ3n) is 1.42. The van der Waals surface area contributed by atoms with E-state index in [0.717, 1.165) is 19.5 Å². The Morgan fingerprint density at radius 3 is 2.73 bits per heavy atom. The van der Waals surface area contributed by atoms with Gasteiger partial charge in [0.05, 0.1) is 0 Å². The summed E-state index contributed by atoms with van der Waals surface area (Å²) in [5, 5.41) is 11.6. The van der Waals surface area contributed by atoms with Gasteiger partial charge in [0.25, 0.3) is 0 Å². The fraction of sp³-hybridized carbons (Fsp3) is 0.857. The SMILES string of the molecule is CCNCCCN(C)C(=O)O. The van der Waals surface area contributed by atoms with Crippen molar-refractivity contribution in [3.8, 4) is 0 Å². The predicted molar refractivity (Wildman–Crippen MR) is 43.8 cm³/mol. The van der Waals surface area contributed by atoms with Crippen molar-refractivity contribution in [3.63, 3.8) is 0 Å². The maximum Gasteiger partial charge on any atom is 0.407 e. The van der Waals surface area contributed by atoms with Crippen LogP contribution in [0.4, 0.5) is 4.79 Å². The van der Waals surface area contributed by atoms with Crippen molar-refractivity contribution in [3.05, 3.63) is 0 Å². The second-order valence-corrected chi connectivity index (χ2v) is 2.41. The number of hydrogen-bond donors (Lipinski definition) is 2. The molecule has 1 amide bonds. The zero-order valence-electron chi connectivity index (χ0n) is 7.13. The summed E-state index contributed by atoms with van der Waals surface area (Å²) in [6.07, 6.45) is 0.0119. The lowest BCUT2D eigenvalue weighted by molar-refractivity contribution is 0.155. The third-order valence-corrected chi connectivity index (χ3v) is 1.42. The zero-order valence-corrected chi connectivity index (χ0v) is 7.13. The van der Waals surface area contributed by atoms with Crippen LogP contribution in [-0.4, -0.2) is 42.8 Å². The number of hydrogen-bond acceptors (Lipinski definition) is 2. The van der Waals surface area contributed by atoms with Crippen LogP contribution in [0, 0.1) is 0 Å². The highest BCUT2D eigenvalue weighted by Crippen LogP contribution is 1.86. The highest BCUT2D eigenvalue weighted by molar-refractivity contribution is 5.64. The molecule has 2 N–H and O–H groups in total. The van der Waals surface area contributed by atoms with Gasteiger partial charge in [-0.2, -0.15) is 0 Å². The Kier molecular flexibility index (Phi) is 5.56. The molecule has 0 bridgehead atoms. The average molecular weight is 160 g/mol. The number of amides is 1. The van der Waals surface area contributed by atoms with Gasteiger partial charge in [0.1, 0.15) is 0 Å². The molecular weight excluding hydrogens is 144 g/mol. The largest absolute Gasteiger partial charge is 0.465 e. The predicted octanol–water partition coefficient (Wildman–Crippen LogP) is 0.596. The van der Waals surface area contributed by atoms with Crippen LogP contribution in [0.25, 0.3) is 0 Å². The van der Waals surface area contributed by atoms with Gasteiger partial charge in [0.2, 0.25) is 0 Å². The van der Waals surface area contributed by atoms with Gasteiger partial charge in [-0.15, -0.1) is 0 Å². The lowest BCUT2D eigenvalue weighted by atomic mass is 10.4.